The largest absolute Gasteiger partial charge is 0.444 e. The van der Waals surface area contributed by atoms with Crippen molar-refractivity contribution in [1.82, 2.24) is 15.5 Å². The molecule has 1 saturated carbocycles. The van der Waals surface area contributed by atoms with Crippen molar-refractivity contribution in [3.05, 3.63) is 65.5 Å². The van der Waals surface area contributed by atoms with Crippen LogP contribution in [-0.4, -0.2) is 59.0 Å². The van der Waals surface area contributed by atoms with E-state index in [-0.39, 0.29) is 31.2 Å². The Morgan fingerprint density at radius 3 is 2.56 bits per heavy atom. The Kier molecular flexibility index (Phi) is 8.14. The number of halogens is 1. The van der Waals surface area contributed by atoms with Crippen LogP contribution in [0.4, 0.5) is 14.9 Å². The predicted molar refractivity (Wildman–Crippen MR) is 155 cm³/mol. The van der Waals surface area contributed by atoms with Crippen LogP contribution in [0.5, 0.6) is 0 Å². The van der Waals surface area contributed by atoms with Crippen LogP contribution >= 0.6 is 0 Å². The molecule has 0 radical (unpaired) electrons. The molecule has 1 aliphatic carbocycles. The van der Waals surface area contributed by atoms with Crippen LogP contribution in [0.1, 0.15) is 57.6 Å². The number of nitrogens with zero attached hydrogens (tertiary/aromatic N) is 2. The Morgan fingerprint density at radius 1 is 1.14 bits per heavy atom. The van der Waals surface area contributed by atoms with Crippen molar-refractivity contribution >= 4 is 29.5 Å². The summed E-state index contributed by atoms with van der Waals surface area (Å²) in [5.41, 5.74) is -0.000617. The van der Waals surface area contributed by atoms with E-state index in [1.54, 1.807) is 32.9 Å². The third kappa shape index (κ3) is 6.63. The van der Waals surface area contributed by atoms with Gasteiger partial charge in [0.25, 0.3) is 0 Å². The number of nitrogens with one attached hydrogen (secondary N) is 3. The third-order valence-corrected chi connectivity index (χ3v) is 8.13. The average Bonchev–Trinajstić information content (AvgIpc) is 3.60. The molecule has 4 atom stereocenters. The third-order valence-electron chi connectivity index (χ3n) is 8.13. The van der Waals surface area contributed by atoms with Crippen LogP contribution in [0.15, 0.2) is 48.5 Å². The molecule has 2 heterocycles. The first-order valence-corrected chi connectivity index (χ1v) is 14.5. The Labute approximate surface area is 249 Å². The molecule has 0 unspecified atom stereocenters. The molecular weight excluding hydrogens is 553 g/mol. The number of para-hydroxylation sites is 1. The first-order valence-electron chi connectivity index (χ1n) is 14.5. The summed E-state index contributed by atoms with van der Waals surface area (Å²) >= 11 is 0. The number of carbonyl (C=O) groups is 4. The van der Waals surface area contributed by atoms with E-state index in [1.165, 1.54) is 23.1 Å². The van der Waals surface area contributed by atoms with Gasteiger partial charge in [0.15, 0.2) is 0 Å². The molecule has 0 bridgehead atoms. The first kappa shape index (κ1) is 30.0. The fourth-order valence-electron chi connectivity index (χ4n) is 5.93. The van der Waals surface area contributed by atoms with E-state index in [1.807, 2.05) is 18.2 Å². The minimum absolute atomic E-state index is 0.00677. The SMILES string of the molecule is CC(C)(C)OC(=O)N[C@@H](Cc1cccc(F)c1)C(=O)N[C@@H](CC1CC1)C(=O)N1C[C@]2(C[C@H]1C#N)C(=O)Nc1ccccc12. The van der Waals surface area contributed by atoms with Crippen molar-refractivity contribution in [3.63, 3.8) is 0 Å². The van der Waals surface area contributed by atoms with Crippen LogP contribution in [0.3, 0.4) is 0 Å². The van der Waals surface area contributed by atoms with Gasteiger partial charge in [-0.05, 0) is 62.4 Å². The molecule has 2 aromatic carbocycles. The highest BCUT2D eigenvalue weighted by Crippen LogP contribution is 2.46. The highest BCUT2D eigenvalue weighted by molar-refractivity contribution is 6.07. The van der Waals surface area contributed by atoms with E-state index in [0.29, 0.717) is 17.7 Å². The summed E-state index contributed by atoms with van der Waals surface area (Å²) < 4.78 is 19.3. The minimum Gasteiger partial charge on any atom is -0.444 e. The summed E-state index contributed by atoms with van der Waals surface area (Å²) in [5, 5.41) is 18.3. The Hall–Kier alpha value is -4.46. The molecule has 0 aromatic heterocycles. The zero-order chi connectivity index (χ0) is 30.9. The molecule has 1 saturated heterocycles. The molecule has 2 aromatic rings. The van der Waals surface area contributed by atoms with E-state index in [9.17, 15) is 28.8 Å². The molecule has 226 valence electrons. The van der Waals surface area contributed by atoms with Crippen molar-refractivity contribution in [1.29, 1.82) is 5.26 Å². The van der Waals surface area contributed by atoms with Gasteiger partial charge in [0.05, 0.1) is 11.5 Å². The van der Waals surface area contributed by atoms with Gasteiger partial charge in [-0.25, -0.2) is 9.18 Å². The van der Waals surface area contributed by atoms with Crippen molar-refractivity contribution in [3.8, 4) is 6.07 Å². The lowest BCUT2D eigenvalue weighted by Gasteiger charge is -2.29. The number of benzene rings is 2. The maximum absolute atomic E-state index is 14.1. The number of fused-ring (bicyclic) bond motifs is 2. The molecule has 5 rings (SSSR count). The Bertz CT molecular complexity index is 1480. The highest BCUT2D eigenvalue weighted by atomic mass is 19.1. The zero-order valence-electron chi connectivity index (χ0n) is 24.5. The number of ether oxygens (including phenoxy) is 1. The number of hydrogen-bond acceptors (Lipinski definition) is 6. The van der Waals surface area contributed by atoms with Gasteiger partial charge in [0.2, 0.25) is 17.7 Å². The van der Waals surface area contributed by atoms with Crippen LogP contribution in [0, 0.1) is 23.1 Å². The number of amides is 4. The molecule has 4 amide bonds. The van der Waals surface area contributed by atoms with Gasteiger partial charge in [-0.15, -0.1) is 0 Å². The quantitative estimate of drug-likeness (QED) is 0.430. The average molecular weight is 590 g/mol. The minimum atomic E-state index is -1.17. The summed E-state index contributed by atoms with van der Waals surface area (Å²) in [6.07, 6.45) is 1.44. The van der Waals surface area contributed by atoms with E-state index < -0.39 is 52.9 Å². The van der Waals surface area contributed by atoms with Gasteiger partial charge in [0, 0.05) is 25.1 Å². The normalized spacial score (nSPS) is 22.3. The highest BCUT2D eigenvalue weighted by Gasteiger charge is 2.56. The Balaban J connectivity index is 1.38. The van der Waals surface area contributed by atoms with Gasteiger partial charge in [-0.3, -0.25) is 14.4 Å². The fourth-order valence-corrected chi connectivity index (χ4v) is 5.93. The number of nitriles is 1. The molecule has 10 nitrogen and oxygen atoms in total. The second-order valence-electron chi connectivity index (χ2n) is 12.7. The van der Waals surface area contributed by atoms with Crippen LogP contribution in [0.25, 0.3) is 0 Å². The van der Waals surface area contributed by atoms with E-state index in [0.717, 1.165) is 18.4 Å². The van der Waals surface area contributed by atoms with Crippen molar-refractivity contribution in [2.24, 2.45) is 5.92 Å². The van der Waals surface area contributed by atoms with Crippen molar-refractivity contribution in [2.75, 3.05) is 11.9 Å². The lowest BCUT2D eigenvalue weighted by Crippen LogP contribution is -2.56. The zero-order valence-corrected chi connectivity index (χ0v) is 24.5. The number of hydrogen-bond donors (Lipinski definition) is 3. The Morgan fingerprint density at radius 2 is 1.88 bits per heavy atom. The molecule has 3 aliphatic rings. The smallest absolute Gasteiger partial charge is 0.408 e. The number of carbonyl (C=O) groups excluding carboxylic acids is 4. The summed E-state index contributed by atoms with van der Waals surface area (Å²) in [6, 6.07) is 12.1. The molecule has 11 heteroatoms. The number of anilines is 1. The van der Waals surface area contributed by atoms with Gasteiger partial charge in [-0.1, -0.05) is 43.2 Å². The van der Waals surface area contributed by atoms with Gasteiger partial charge >= 0.3 is 6.09 Å². The predicted octanol–water partition coefficient (Wildman–Crippen LogP) is 3.56. The van der Waals surface area contributed by atoms with E-state index in [2.05, 4.69) is 22.0 Å². The lowest BCUT2D eigenvalue weighted by molar-refractivity contribution is -0.137. The summed E-state index contributed by atoms with van der Waals surface area (Å²) in [7, 11) is 0. The van der Waals surface area contributed by atoms with Crippen LogP contribution in [-0.2, 0) is 31.0 Å². The van der Waals surface area contributed by atoms with Crippen LogP contribution < -0.4 is 16.0 Å². The standard InChI is InChI=1S/C32H36FN5O5/c1-31(2,3)43-30(42)37-25(15-20-7-6-8-21(33)13-20)27(39)35-26(14-19-11-12-19)28(40)38-18-32(16-22(38)17-34)23-9-4-5-10-24(23)36-29(32)41/h4-10,13,19,22,25-26H,11-12,14-16,18H2,1-3H3,(H,35,39)(H,36,41)(H,37,42)/t22-,25-,26-,32-/m0/s1. The molecule has 1 spiro atoms. The molecule has 2 aliphatic heterocycles. The summed E-state index contributed by atoms with van der Waals surface area (Å²) in [6.45, 7) is 5.08. The first-order chi connectivity index (χ1) is 20.4. The number of alkyl carbamates (subject to hydrolysis) is 1. The fraction of sp³-hybridized carbons (Fsp3) is 0.469. The monoisotopic (exact) mass is 589 g/mol. The number of likely N-dealkylation sites (tertiary alicyclic amines) is 1. The van der Waals surface area contributed by atoms with Crippen molar-refractivity contribution in [2.45, 2.75) is 82.0 Å². The second kappa shape index (κ2) is 11.7. The molecule has 2 fully saturated rings. The molecular formula is C32H36FN5O5. The lowest BCUT2D eigenvalue weighted by atomic mass is 9.80. The van der Waals surface area contributed by atoms with E-state index >= 15 is 0 Å². The molecule has 43 heavy (non-hydrogen) atoms. The molecule has 3 N–H and O–H groups in total. The second-order valence-corrected chi connectivity index (χ2v) is 12.7. The maximum atomic E-state index is 14.1. The maximum Gasteiger partial charge on any atom is 0.408 e. The van der Waals surface area contributed by atoms with E-state index in [4.69, 9.17) is 4.74 Å². The van der Waals surface area contributed by atoms with Gasteiger partial charge in [-0.2, -0.15) is 5.26 Å². The van der Waals surface area contributed by atoms with Gasteiger partial charge < -0.3 is 25.6 Å². The van der Waals surface area contributed by atoms with Crippen LogP contribution in [0.2, 0.25) is 0 Å². The number of rotatable bonds is 8. The summed E-state index contributed by atoms with van der Waals surface area (Å²) in [4.78, 5) is 55.1. The van der Waals surface area contributed by atoms with Crippen molar-refractivity contribution < 1.29 is 28.3 Å². The topological polar surface area (TPSA) is 141 Å². The van der Waals surface area contributed by atoms with Gasteiger partial charge in [0.1, 0.15) is 29.5 Å². The summed E-state index contributed by atoms with van der Waals surface area (Å²) in [5.74, 6) is -1.62.